The van der Waals surface area contributed by atoms with Crippen molar-refractivity contribution in [2.45, 2.75) is 31.3 Å². The van der Waals surface area contributed by atoms with E-state index in [4.69, 9.17) is 9.47 Å². The Kier molecular flexibility index (Phi) is 4.45. The first-order chi connectivity index (χ1) is 10.6. The smallest absolute Gasteiger partial charge is 0.233 e. The molecule has 1 aromatic rings. The Bertz CT molecular complexity index is 542. The van der Waals surface area contributed by atoms with Crippen molar-refractivity contribution in [3.63, 3.8) is 0 Å². The van der Waals surface area contributed by atoms with Gasteiger partial charge in [0, 0.05) is 26.3 Å². The van der Waals surface area contributed by atoms with E-state index in [2.05, 4.69) is 0 Å². The van der Waals surface area contributed by atoms with Crippen LogP contribution in [0.3, 0.4) is 0 Å². The Morgan fingerprint density at radius 1 is 1.32 bits per heavy atom. The van der Waals surface area contributed by atoms with Crippen LogP contribution in [0.1, 0.15) is 25.3 Å². The van der Waals surface area contributed by atoms with Gasteiger partial charge in [0.05, 0.1) is 18.1 Å². The maximum absolute atomic E-state index is 13.7. The molecule has 1 amide bonds. The summed E-state index contributed by atoms with van der Waals surface area (Å²) in [6.07, 6.45) is 1.24. The summed E-state index contributed by atoms with van der Waals surface area (Å²) in [5, 5.41) is 0. The van der Waals surface area contributed by atoms with Crippen molar-refractivity contribution in [1.29, 1.82) is 0 Å². The highest BCUT2D eigenvalue weighted by molar-refractivity contribution is 5.88. The molecule has 0 unspecified atom stereocenters. The van der Waals surface area contributed by atoms with Gasteiger partial charge >= 0.3 is 0 Å². The Balaban J connectivity index is 1.93. The van der Waals surface area contributed by atoms with E-state index in [1.54, 1.807) is 6.07 Å². The van der Waals surface area contributed by atoms with E-state index >= 15 is 0 Å². The molecule has 22 heavy (non-hydrogen) atoms. The van der Waals surface area contributed by atoms with Crippen molar-refractivity contribution in [2.75, 3.05) is 32.9 Å². The number of rotatable bonds is 2. The number of morpholine rings is 1. The van der Waals surface area contributed by atoms with Crippen LogP contribution in [0.15, 0.2) is 24.3 Å². The molecule has 0 N–H and O–H groups in total. The second kappa shape index (κ2) is 6.34. The van der Waals surface area contributed by atoms with Crippen LogP contribution < -0.4 is 0 Å². The molecule has 0 bridgehead atoms. The number of amides is 1. The fourth-order valence-corrected chi connectivity index (χ4v) is 3.44. The number of carbonyl (C=O) groups is 1. The van der Waals surface area contributed by atoms with Crippen molar-refractivity contribution < 1.29 is 18.7 Å². The summed E-state index contributed by atoms with van der Waals surface area (Å²) in [7, 11) is 0. The van der Waals surface area contributed by atoms with Gasteiger partial charge in [-0.15, -0.1) is 0 Å². The van der Waals surface area contributed by atoms with Crippen molar-refractivity contribution >= 4 is 5.91 Å². The predicted octanol–water partition coefficient (Wildman–Crippen LogP) is 2.12. The summed E-state index contributed by atoms with van der Waals surface area (Å²) in [5.41, 5.74) is 0.0946. The average Bonchev–Trinajstić information content (AvgIpc) is 2.55. The summed E-state index contributed by atoms with van der Waals surface area (Å²) in [6, 6.07) is 6.44. The molecular formula is C17H22FNO3. The highest BCUT2D eigenvalue weighted by atomic mass is 19.1. The second-order valence-electron chi connectivity index (χ2n) is 6.14. The molecule has 2 fully saturated rings. The van der Waals surface area contributed by atoms with Crippen LogP contribution in [0.25, 0.3) is 0 Å². The first kappa shape index (κ1) is 15.4. The molecule has 1 aromatic carbocycles. The number of carbonyl (C=O) groups excluding carboxylic acids is 1. The van der Waals surface area contributed by atoms with Gasteiger partial charge in [-0.05, 0) is 37.5 Å². The molecule has 2 aliphatic heterocycles. The minimum atomic E-state index is -0.669. The molecule has 2 saturated heterocycles. The zero-order chi connectivity index (χ0) is 15.6. The fourth-order valence-electron chi connectivity index (χ4n) is 3.44. The molecule has 1 atom stereocenters. The normalized spacial score (nSPS) is 25.0. The molecule has 2 heterocycles. The van der Waals surface area contributed by atoms with Gasteiger partial charge in [-0.3, -0.25) is 4.79 Å². The van der Waals surface area contributed by atoms with Crippen LogP contribution >= 0.6 is 0 Å². The van der Waals surface area contributed by atoms with Crippen LogP contribution in [0.5, 0.6) is 0 Å². The lowest BCUT2D eigenvalue weighted by Crippen LogP contribution is -2.54. The van der Waals surface area contributed by atoms with Gasteiger partial charge < -0.3 is 14.4 Å². The molecule has 5 heteroatoms. The number of ether oxygens (including phenoxy) is 2. The molecule has 0 aliphatic carbocycles. The molecule has 0 saturated carbocycles. The van der Waals surface area contributed by atoms with E-state index in [1.165, 1.54) is 12.1 Å². The summed E-state index contributed by atoms with van der Waals surface area (Å²) in [4.78, 5) is 15.1. The van der Waals surface area contributed by atoms with Crippen LogP contribution in [0, 0.1) is 5.82 Å². The van der Waals surface area contributed by atoms with Crippen molar-refractivity contribution in [3.05, 3.63) is 35.6 Å². The minimum Gasteiger partial charge on any atom is -0.381 e. The highest BCUT2D eigenvalue weighted by Crippen LogP contribution is 2.37. The topological polar surface area (TPSA) is 38.8 Å². The Morgan fingerprint density at radius 3 is 2.77 bits per heavy atom. The molecular weight excluding hydrogens is 285 g/mol. The first-order valence-electron chi connectivity index (χ1n) is 7.86. The highest BCUT2D eigenvalue weighted by Gasteiger charge is 2.44. The molecule has 3 rings (SSSR count). The van der Waals surface area contributed by atoms with Gasteiger partial charge in [0.1, 0.15) is 5.82 Å². The average molecular weight is 307 g/mol. The Labute approximate surface area is 130 Å². The maximum Gasteiger partial charge on any atom is 0.233 e. The largest absolute Gasteiger partial charge is 0.381 e. The van der Waals surface area contributed by atoms with Crippen LogP contribution in [0.2, 0.25) is 0 Å². The Hall–Kier alpha value is -1.46. The third-order valence-electron chi connectivity index (χ3n) is 4.66. The van der Waals surface area contributed by atoms with Gasteiger partial charge in [-0.1, -0.05) is 12.1 Å². The van der Waals surface area contributed by atoms with Crippen molar-refractivity contribution in [2.24, 2.45) is 0 Å². The lowest BCUT2D eigenvalue weighted by Gasteiger charge is -2.42. The van der Waals surface area contributed by atoms with Crippen LogP contribution in [-0.2, 0) is 19.7 Å². The first-order valence-corrected chi connectivity index (χ1v) is 7.86. The van der Waals surface area contributed by atoms with Gasteiger partial charge in [0.15, 0.2) is 0 Å². The van der Waals surface area contributed by atoms with Gasteiger partial charge in [-0.2, -0.15) is 0 Å². The zero-order valence-electron chi connectivity index (χ0n) is 12.9. The molecule has 2 aliphatic rings. The van der Waals surface area contributed by atoms with Crippen LogP contribution in [-0.4, -0.2) is 49.8 Å². The summed E-state index contributed by atoms with van der Waals surface area (Å²) < 4.78 is 24.7. The number of hydrogen-bond acceptors (Lipinski definition) is 3. The molecule has 0 spiro atoms. The molecule has 0 aromatic heterocycles. The van der Waals surface area contributed by atoms with E-state index < -0.39 is 5.41 Å². The van der Waals surface area contributed by atoms with E-state index in [1.807, 2.05) is 17.9 Å². The maximum atomic E-state index is 13.7. The number of nitrogens with zero attached hydrogens (tertiary/aromatic N) is 1. The molecule has 0 radical (unpaired) electrons. The fraction of sp³-hybridized carbons (Fsp3) is 0.588. The minimum absolute atomic E-state index is 0.0436. The van der Waals surface area contributed by atoms with Gasteiger partial charge in [-0.25, -0.2) is 4.39 Å². The number of benzene rings is 1. The number of hydrogen-bond donors (Lipinski definition) is 0. The molecule has 4 nitrogen and oxygen atoms in total. The van der Waals surface area contributed by atoms with Gasteiger partial charge in [0.2, 0.25) is 5.91 Å². The molecule has 120 valence electrons. The second-order valence-corrected chi connectivity index (χ2v) is 6.14. The van der Waals surface area contributed by atoms with Crippen LogP contribution in [0.4, 0.5) is 4.39 Å². The summed E-state index contributed by atoms with van der Waals surface area (Å²) >= 11 is 0. The van der Waals surface area contributed by atoms with Gasteiger partial charge in [0.25, 0.3) is 0 Å². The van der Waals surface area contributed by atoms with Crippen molar-refractivity contribution in [1.82, 2.24) is 4.90 Å². The van der Waals surface area contributed by atoms with E-state index in [0.717, 1.165) is 5.56 Å². The standard InChI is InChI=1S/C17H22FNO3/c1-13-12-19(7-10-22-13)16(20)17(5-8-21-9-6-17)14-3-2-4-15(18)11-14/h2-4,11,13H,5-10,12H2,1H3/t13-/m1/s1. The number of halogens is 1. The zero-order valence-corrected chi connectivity index (χ0v) is 12.9. The quantitative estimate of drug-likeness (QED) is 0.840. The summed E-state index contributed by atoms with van der Waals surface area (Å²) in [6.45, 7) is 4.78. The monoisotopic (exact) mass is 307 g/mol. The lowest BCUT2D eigenvalue weighted by molar-refractivity contribution is -0.148. The van der Waals surface area contributed by atoms with E-state index in [-0.39, 0.29) is 17.8 Å². The van der Waals surface area contributed by atoms with E-state index in [9.17, 15) is 9.18 Å². The van der Waals surface area contributed by atoms with E-state index in [0.29, 0.717) is 45.8 Å². The van der Waals surface area contributed by atoms with Crippen molar-refractivity contribution in [3.8, 4) is 0 Å². The predicted molar refractivity (Wildman–Crippen MR) is 80.1 cm³/mol. The lowest BCUT2D eigenvalue weighted by atomic mass is 9.73. The third-order valence-corrected chi connectivity index (χ3v) is 4.66. The SMILES string of the molecule is C[C@@H]1CN(C(=O)C2(c3cccc(F)c3)CCOCC2)CCO1. The summed E-state index contributed by atoms with van der Waals surface area (Å²) in [5.74, 6) is -0.219. The Morgan fingerprint density at radius 2 is 2.09 bits per heavy atom. The third kappa shape index (κ3) is 2.88.